The summed E-state index contributed by atoms with van der Waals surface area (Å²) < 4.78 is 38.2. The van der Waals surface area contributed by atoms with Crippen LogP contribution in [0.2, 0.25) is 0 Å². The number of halogens is 3. The van der Waals surface area contributed by atoms with Gasteiger partial charge in [0.2, 0.25) is 6.41 Å². The molecule has 0 fully saturated rings. The van der Waals surface area contributed by atoms with Gasteiger partial charge >= 0.3 is 6.18 Å². The molecule has 0 unspecified atom stereocenters. The zero-order valence-electron chi connectivity index (χ0n) is 9.05. The fourth-order valence-electron chi connectivity index (χ4n) is 1.69. The van der Waals surface area contributed by atoms with Gasteiger partial charge in [0.05, 0.1) is 12.1 Å². The molecule has 96 valence electrons. The third-order valence-corrected chi connectivity index (χ3v) is 2.68. The highest BCUT2D eigenvalue weighted by atomic mass is 19.4. The van der Waals surface area contributed by atoms with Crippen molar-refractivity contribution in [1.82, 2.24) is 5.01 Å². The molecule has 0 aliphatic carbocycles. The quantitative estimate of drug-likeness (QED) is 0.817. The molecule has 1 heterocycles. The van der Waals surface area contributed by atoms with Gasteiger partial charge in [-0.3, -0.25) is 4.79 Å². The van der Waals surface area contributed by atoms with E-state index < -0.39 is 18.3 Å². The molecule has 0 bridgehead atoms. The van der Waals surface area contributed by atoms with E-state index in [4.69, 9.17) is 0 Å². The molecular weight excluding hydrogens is 249 g/mol. The van der Waals surface area contributed by atoms with Crippen molar-refractivity contribution < 1.29 is 23.1 Å². The molecule has 7 heteroatoms. The minimum Gasteiger partial charge on any atom is -0.362 e. The Kier molecular flexibility index (Phi) is 2.86. The normalized spacial score (nSPS) is 24.0. The van der Waals surface area contributed by atoms with Crippen LogP contribution in [0.1, 0.15) is 12.0 Å². The summed E-state index contributed by atoms with van der Waals surface area (Å²) in [4.78, 5) is 10.6. The molecule has 1 aromatic carbocycles. The predicted octanol–water partition coefficient (Wildman–Crippen LogP) is 1.50. The largest absolute Gasteiger partial charge is 0.438 e. The lowest BCUT2D eigenvalue weighted by atomic mass is 10.0. The number of hydrazone groups is 1. The summed E-state index contributed by atoms with van der Waals surface area (Å²) in [7, 11) is 0. The van der Waals surface area contributed by atoms with Gasteiger partial charge in [0.25, 0.3) is 5.72 Å². The third-order valence-electron chi connectivity index (χ3n) is 2.68. The summed E-state index contributed by atoms with van der Waals surface area (Å²) in [5.41, 5.74) is -2.81. The van der Waals surface area contributed by atoms with Crippen LogP contribution in [-0.2, 0) is 4.79 Å². The van der Waals surface area contributed by atoms with Crippen molar-refractivity contribution in [3.63, 3.8) is 0 Å². The van der Waals surface area contributed by atoms with E-state index in [0.717, 1.165) is 0 Å². The Morgan fingerprint density at radius 3 is 2.39 bits per heavy atom. The molecule has 1 aliphatic heterocycles. The van der Waals surface area contributed by atoms with Crippen molar-refractivity contribution in [1.29, 1.82) is 0 Å². The average Bonchev–Trinajstić information content (AvgIpc) is 2.68. The van der Waals surface area contributed by atoms with Gasteiger partial charge in [0, 0.05) is 0 Å². The highest BCUT2D eigenvalue weighted by Crippen LogP contribution is 2.40. The molecule has 1 atom stereocenters. The third kappa shape index (κ3) is 1.86. The molecule has 1 aliphatic rings. The second-order valence-electron chi connectivity index (χ2n) is 3.85. The first kappa shape index (κ1) is 12.6. The lowest BCUT2D eigenvalue weighted by molar-refractivity contribution is -0.299. The highest BCUT2D eigenvalue weighted by molar-refractivity contribution is 6.02. The van der Waals surface area contributed by atoms with Gasteiger partial charge in [-0.2, -0.15) is 23.3 Å². The number of hydrogen-bond donors (Lipinski definition) is 1. The fraction of sp³-hybridized carbons (Fsp3) is 0.273. The Labute approximate surface area is 100 Å². The van der Waals surface area contributed by atoms with Gasteiger partial charge in [-0.15, -0.1) is 0 Å². The minimum atomic E-state index is -4.96. The SMILES string of the molecule is O=CN1N=C(c2ccccc2)C[C@]1(O)C(F)(F)F. The van der Waals surface area contributed by atoms with E-state index in [-0.39, 0.29) is 17.1 Å². The second-order valence-corrected chi connectivity index (χ2v) is 3.85. The Morgan fingerprint density at radius 1 is 1.33 bits per heavy atom. The van der Waals surface area contributed by atoms with E-state index in [2.05, 4.69) is 5.10 Å². The van der Waals surface area contributed by atoms with E-state index in [1.807, 2.05) is 0 Å². The van der Waals surface area contributed by atoms with Crippen molar-refractivity contribution in [2.24, 2.45) is 5.10 Å². The first-order chi connectivity index (χ1) is 8.38. The molecule has 0 saturated heterocycles. The lowest BCUT2D eigenvalue weighted by Gasteiger charge is -2.29. The summed E-state index contributed by atoms with van der Waals surface area (Å²) in [5.74, 6) is 0. The summed E-state index contributed by atoms with van der Waals surface area (Å²) in [5, 5.41) is 13.1. The van der Waals surface area contributed by atoms with Gasteiger partial charge in [0.1, 0.15) is 0 Å². The minimum absolute atomic E-state index is 0.00926. The smallest absolute Gasteiger partial charge is 0.362 e. The van der Waals surface area contributed by atoms with E-state index in [9.17, 15) is 23.1 Å². The van der Waals surface area contributed by atoms with Crippen LogP contribution in [0.4, 0.5) is 13.2 Å². The average molecular weight is 258 g/mol. The molecule has 0 radical (unpaired) electrons. The van der Waals surface area contributed by atoms with Crippen molar-refractivity contribution in [2.75, 3.05) is 0 Å². The van der Waals surface area contributed by atoms with Crippen molar-refractivity contribution >= 4 is 12.1 Å². The van der Waals surface area contributed by atoms with E-state index >= 15 is 0 Å². The molecule has 1 aromatic rings. The number of rotatable bonds is 2. The molecule has 1 amide bonds. The van der Waals surface area contributed by atoms with E-state index in [0.29, 0.717) is 5.56 Å². The van der Waals surface area contributed by atoms with Crippen LogP contribution < -0.4 is 0 Å². The first-order valence-electron chi connectivity index (χ1n) is 5.05. The Morgan fingerprint density at radius 2 is 1.94 bits per heavy atom. The Balaban J connectivity index is 2.37. The highest BCUT2D eigenvalue weighted by Gasteiger charge is 2.61. The Hall–Kier alpha value is -1.89. The maximum absolute atomic E-state index is 12.7. The van der Waals surface area contributed by atoms with Crippen LogP contribution in [0.3, 0.4) is 0 Å². The summed E-state index contributed by atoms with van der Waals surface area (Å²) in [6.07, 6.45) is -5.88. The molecule has 0 saturated carbocycles. The number of benzene rings is 1. The van der Waals surface area contributed by atoms with Crippen LogP contribution in [0.15, 0.2) is 35.4 Å². The Bertz CT molecular complexity index is 487. The van der Waals surface area contributed by atoms with E-state index in [1.165, 1.54) is 0 Å². The molecule has 2 rings (SSSR count). The van der Waals surface area contributed by atoms with Crippen molar-refractivity contribution in [2.45, 2.75) is 18.3 Å². The fourth-order valence-corrected chi connectivity index (χ4v) is 1.69. The van der Waals surface area contributed by atoms with Crippen LogP contribution in [0.5, 0.6) is 0 Å². The summed E-state index contributed by atoms with van der Waals surface area (Å²) in [6, 6.07) is 8.09. The van der Waals surface area contributed by atoms with Gasteiger partial charge in [-0.25, -0.2) is 0 Å². The molecule has 0 aromatic heterocycles. The first-order valence-corrected chi connectivity index (χ1v) is 5.05. The van der Waals surface area contributed by atoms with Crippen LogP contribution >= 0.6 is 0 Å². The molecule has 0 spiro atoms. The number of nitrogens with zero attached hydrogens (tertiary/aromatic N) is 2. The maximum Gasteiger partial charge on any atom is 0.438 e. The van der Waals surface area contributed by atoms with Crippen LogP contribution in [0.25, 0.3) is 0 Å². The van der Waals surface area contributed by atoms with E-state index in [1.54, 1.807) is 30.3 Å². The number of carbonyl (C=O) groups is 1. The van der Waals surface area contributed by atoms with Crippen LogP contribution in [-0.4, -0.2) is 34.1 Å². The standard InChI is InChI=1S/C11H9F3N2O2/c12-11(13,14)10(18)6-9(15-16(10)7-17)8-4-2-1-3-5-8/h1-5,7,18H,6H2/t10-/m0/s1. The van der Waals surface area contributed by atoms with Gasteiger partial charge < -0.3 is 5.11 Å². The lowest BCUT2D eigenvalue weighted by Crippen LogP contribution is -2.54. The molecular formula is C11H9F3N2O2. The van der Waals surface area contributed by atoms with Gasteiger partial charge in [-0.1, -0.05) is 30.3 Å². The molecule has 4 nitrogen and oxygen atoms in total. The zero-order chi connectivity index (χ0) is 13.4. The zero-order valence-corrected chi connectivity index (χ0v) is 9.05. The van der Waals surface area contributed by atoms with Gasteiger partial charge in [0.15, 0.2) is 0 Å². The monoisotopic (exact) mass is 258 g/mol. The maximum atomic E-state index is 12.7. The summed E-state index contributed by atoms with van der Waals surface area (Å²) in [6.45, 7) is 0. The number of alkyl halides is 3. The molecule has 18 heavy (non-hydrogen) atoms. The number of amides is 1. The van der Waals surface area contributed by atoms with Crippen LogP contribution in [0, 0.1) is 0 Å². The predicted molar refractivity (Wildman–Crippen MR) is 56.5 cm³/mol. The number of carbonyl (C=O) groups excluding carboxylic acids is 1. The molecule has 1 N–H and O–H groups in total. The second kappa shape index (κ2) is 4.09. The van der Waals surface area contributed by atoms with Crippen molar-refractivity contribution in [3.05, 3.63) is 35.9 Å². The summed E-state index contributed by atoms with van der Waals surface area (Å²) >= 11 is 0. The topological polar surface area (TPSA) is 52.9 Å². The van der Waals surface area contributed by atoms with Crippen molar-refractivity contribution in [3.8, 4) is 0 Å². The number of aliphatic hydroxyl groups is 1. The number of hydrogen-bond acceptors (Lipinski definition) is 3. The van der Waals surface area contributed by atoms with Gasteiger partial charge in [-0.05, 0) is 5.56 Å².